The number of halogens is 1. The summed E-state index contributed by atoms with van der Waals surface area (Å²) < 4.78 is 6.94. The molecule has 2 fully saturated rings. The average Bonchev–Trinajstić information content (AvgIpc) is 3.28. The number of ether oxygens (including phenoxy) is 1. The van der Waals surface area contributed by atoms with E-state index in [1.54, 1.807) is 22.9 Å². The maximum absolute atomic E-state index is 12.6. The highest BCUT2D eigenvalue weighted by Crippen LogP contribution is 2.49. The number of rotatable bonds is 7. The van der Waals surface area contributed by atoms with Gasteiger partial charge in [0, 0.05) is 53.1 Å². The molecule has 1 amide bonds. The second kappa shape index (κ2) is 9.72. The monoisotopic (exact) mass is 490 g/mol. The number of nitrogens with zero attached hydrogens (tertiary/aromatic N) is 5. The molecule has 152 valence electrons. The Labute approximate surface area is 178 Å². The number of hydrogen-bond donors (Lipinski definition) is 1. The number of hydrogen-bond acceptors (Lipinski definition) is 4. The topological polar surface area (TPSA) is 75.0 Å². The summed E-state index contributed by atoms with van der Waals surface area (Å²) in [5.41, 5.74) is 1.16. The lowest BCUT2D eigenvalue weighted by Crippen LogP contribution is -2.55. The third kappa shape index (κ3) is 5.56. The number of aromatic nitrogens is 2. The standard InChI is InChI=1S/C18H30N6O2.HI/c1-4-19-17(20-14-18(5-6-18)7-10-26-3)23-8-9-24(16(25)13-23)15-11-21-22(2)12-15;/h11-12H,4-10,13-14H2,1-3H3,(H,19,20);1H. The van der Waals surface area contributed by atoms with Crippen LogP contribution in [0.1, 0.15) is 26.2 Å². The van der Waals surface area contributed by atoms with Crippen molar-refractivity contribution in [2.45, 2.75) is 26.2 Å². The van der Waals surface area contributed by atoms with Crippen molar-refractivity contribution in [3.8, 4) is 0 Å². The van der Waals surface area contributed by atoms with Crippen molar-refractivity contribution in [2.75, 3.05) is 51.3 Å². The molecule has 1 N–H and O–H groups in total. The van der Waals surface area contributed by atoms with Gasteiger partial charge in [0.1, 0.15) is 6.54 Å². The van der Waals surface area contributed by atoms with Crippen LogP contribution in [0, 0.1) is 5.41 Å². The molecule has 0 unspecified atom stereocenters. The number of aryl methyl sites for hydroxylation is 1. The Morgan fingerprint density at radius 1 is 1.41 bits per heavy atom. The van der Waals surface area contributed by atoms with Crippen LogP contribution in [0.3, 0.4) is 0 Å². The van der Waals surface area contributed by atoms with Crippen molar-refractivity contribution in [3.05, 3.63) is 12.4 Å². The second-order valence-electron chi connectivity index (χ2n) is 7.25. The van der Waals surface area contributed by atoms with Gasteiger partial charge in [0.05, 0.1) is 11.9 Å². The fourth-order valence-corrected chi connectivity index (χ4v) is 3.33. The summed E-state index contributed by atoms with van der Waals surface area (Å²) in [6, 6.07) is 0. The van der Waals surface area contributed by atoms with E-state index in [4.69, 9.17) is 9.73 Å². The van der Waals surface area contributed by atoms with E-state index in [9.17, 15) is 4.79 Å². The molecule has 1 aromatic heterocycles. The summed E-state index contributed by atoms with van der Waals surface area (Å²) in [6.07, 6.45) is 7.10. The van der Waals surface area contributed by atoms with E-state index in [1.807, 2.05) is 13.2 Å². The fraction of sp³-hybridized carbons (Fsp3) is 0.722. The quantitative estimate of drug-likeness (QED) is 0.356. The number of piperazine rings is 1. The van der Waals surface area contributed by atoms with Crippen LogP contribution in [0.2, 0.25) is 0 Å². The van der Waals surface area contributed by atoms with Crippen LogP contribution in [0.25, 0.3) is 0 Å². The van der Waals surface area contributed by atoms with E-state index in [-0.39, 0.29) is 29.9 Å². The second-order valence-corrected chi connectivity index (χ2v) is 7.25. The van der Waals surface area contributed by atoms with Crippen LogP contribution in [-0.2, 0) is 16.6 Å². The van der Waals surface area contributed by atoms with Gasteiger partial charge in [0.25, 0.3) is 0 Å². The van der Waals surface area contributed by atoms with Crippen LogP contribution >= 0.6 is 24.0 Å². The minimum Gasteiger partial charge on any atom is -0.385 e. The highest BCUT2D eigenvalue weighted by Gasteiger charge is 2.42. The minimum absolute atomic E-state index is 0. The molecule has 2 heterocycles. The number of guanidine groups is 1. The first-order chi connectivity index (χ1) is 12.6. The van der Waals surface area contributed by atoms with Gasteiger partial charge in [-0.3, -0.25) is 14.5 Å². The first-order valence-corrected chi connectivity index (χ1v) is 9.38. The van der Waals surface area contributed by atoms with Gasteiger partial charge >= 0.3 is 0 Å². The van der Waals surface area contributed by atoms with Crippen molar-refractivity contribution in [1.29, 1.82) is 0 Å². The van der Waals surface area contributed by atoms with E-state index in [0.717, 1.165) is 44.3 Å². The van der Waals surface area contributed by atoms with Crippen molar-refractivity contribution in [2.24, 2.45) is 17.5 Å². The summed E-state index contributed by atoms with van der Waals surface area (Å²) in [6.45, 7) is 6.18. The molecule has 1 aliphatic heterocycles. The van der Waals surface area contributed by atoms with Crippen LogP contribution in [0.5, 0.6) is 0 Å². The van der Waals surface area contributed by atoms with E-state index >= 15 is 0 Å². The van der Waals surface area contributed by atoms with E-state index in [1.165, 1.54) is 12.8 Å². The number of carbonyl (C=O) groups excluding carboxylic acids is 1. The first kappa shape index (κ1) is 21.9. The fourth-order valence-electron chi connectivity index (χ4n) is 3.33. The van der Waals surface area contributed by atoms with Crippen molar-refractivity contribution >= 4 is 41.5 Å². The van der Waals surface area contributed by atoms with E-state index < -0.39 is 0 Å². The maximum atomic E-state index is 12.6. The number of carbonyl (C=O) groups is 1. The highest BCUT2D eigenvalue weighted by molar-refractivity contribution is 14.0. The van der Waals surface area contributed by atoms with Crippen LogP contribution in [0.15, 0.2) is 17.4 Å². The SMILES string of the molecule is CCNC(=NCC1(CCOC)CC1)N1CCN(c2cnn(C)c2)C(=O)C1.I. The third-order valence-electron chi connectivity index (χ3n) is 5.22. The molecule has 2 aliphatic rings. The van der Waals surface area contributed by atoms with E-state index in [0.29, 0.717) is 18.5 Å². The van der Waals surface area contributed by atoms with Gasteiger partial charge in [-0.25, -0.2) is 0 Å². The normalized spacial score (nSPS) is 19.1. The molecule has 8 nitrogen and oxygen atoms in total. The van der Waals surface area contributed by atoms with E-state index in [2.05, 4.69) is 22.2 Å². The van der Waals surface area contributed by atoms with Crippen LogP contribution in [0.4, 0.5) is 5.69 Å². The molecule has 0 atom stereocenters. The Morgan fingerprint density at radius 3 is 2.74 bits per heavy atom. The van der Waals surface area contributed by atoms with Gasteiger partial charge < -0.3 is 19.9 Å². The van der Waals surface area contributed by atoms with Crippen molar-refractivity contribution in [3.63, 3.8) is 0 Å². The van der Waals surface area contributed by atoms with Crippen molar-refractivity contribution in [1.82, 2.24) is 20.0 Å². The molecule has 0 bridgehead atoms. The molecule has 1 aromatic rings. The molecule has 1 aliphatic carbocycles. The number of nitrogens with one attached hydrogen (secondary N) is 1. The van der Waals surface area contributed by atoms with Gasteiger partial charge in [0.15, 0.2) is 5.96 Å². The largest absolute Gasteiger partial charge is 0.385 e. The molecule has 27 heavy (non-hydrogen) atoms. The summed E-state index contributed by atoms with van der Waals surface area (Å²) in [5.74, 6) is 0.922. The smallest absolute Gasteiger partial charge is 0.246 e. The van der Waals surface area contributed by atoms with Crippen molar-refractivity contribution < 1.29 is 9.53 Å². The first-order valence-electron chi connectivity index (χ1n) is 9.38. The maximum Gasteiger partial charge on any atom is 0.246 e. The number of aliphatic imine (C=N–C) groups is 1. The predicted molar refractivity (Wildman–Crippen MR) is 117 cm³/mol. The highest BCUT2D eigenvalue weighted by atomic mass is 127. The lowest BCUT2D eigenvalue weighted by atomic mass is 10.0. The lowest BCUT2D eigenvalue weighted by molar-refractivity contribution is -0.120. The Balaban J connectivity index is 0.00000261. The van der Waals surface area contributed by atoms with Gasteiger partial charge in [-0.1, -0.05) is 0 Å². The lowest BCUT2D eigenvalue weighted by Gasteiger charge is -2.35. The average molecular weight is 490 g/mol. The summed E-state index contributed by atoms with van der Waals surface area (Å²) in [7, 11) is 3.61. The summed E-state index contributed by atoms with van der Waals surface area (Å²) in [4.78, 5) is 21.3. The molecule has 3 rings (SSSR count). The van der Waals surface area contributed by atoms with Gasteiger partial charge in [-0.2, -0.15) is 5.10 Å². The number of anilines is 1. The predicted octanol–water partition coefficient (Wildman–Crippen LogP) is 1.47. The zero-order valence-corrected chi connectivity index (χ0v) is 18.8. The minimum atomic E-state index is 0. The van der Waals surface area contributed by atoms with Crippen LogP contribution in [-0.4, -0.2) is 73.0 Å². The third-order valence-corrected chi connectivity index (χ3v) is 5.22. The Kier molecular flexibility index (Phi) is 7.90. The van der Waals surface area contributed by atoms with Crippen LogP contribution < -0.4 is 10.2 Å². The molecule has 1 saturated carbocycles. The zero-order valence-electron chi connectivity index (χ0n) is 16.5. The molecular weight excluding hydrogens is 459 g/mol. The van der Waals surface area contributed by atoms with Gasteiger partial charge in [-0.15, -0.1) is 24.0 Å². The molecule has 0 aromatic carbocycles. The van der Waals surface area contributed by atoms with Gasteiger partial charge in [-0.05, 0) is 31.6 Å². The number of methoxy groups -OCH3 is 1. The summed E-state index contributed by atoms with van der Waals surface area (Å²) >= 11 is 0. The molecule has 9 heteroatoms. The number of amides is 1. The Bertz CT molecular complexity index is 658. The molecular formula is C18H31IN6O2. The summed E-state index contributed by atoms with van der Waals surface area (Å²) in [5, 5.41) is 7.51. The van der Waals surface area contributed by atoms with Gasteiger partial charge in [0.2, 0.25) is 5.91 Å². The molecule has 0 spiro atoms. The Morgan fingerprint density at radius 2 is 2.19 bits per heavy atom. The Hall–Kier alpha value is -1.36. The zero-order chi connectivity index (χ0) is 18.6. The molecule has 0 radical (unpaired) electrons. The molecule has 1 saturated heterocycles.